The number of carbonyl (C=O) groups is 1. The van der Waals surface area contributed by atoms with E-state index >= 15 is 0 Å². The van der Waals surface area contributed by atoms with E-state index in [9.17, 15) is 14.9 Å². The Kier molecular flexibility index (Phi) is 6.77. The van der Waals surface area contributed by atoms with Crippen molar-refractivity contribution in [1.82, 2.24) is 0 Å². The van der Waals surface area contributed by atoms with Crippen molar-refractivity contribution in [2.45, 2.75) is 39.2 Å². The molecular weight excluding hydrogens is 338 g/mol. The zero-order valence-corrected chi connectivity index (χ0v) is 13.7. The SMILES string of the molecule is CC(N)CCCC(C)C(=O)Nc1ccc(Br)cc1[N+](=O)[O-]. The second-order valence-electron chi connectivity index (χ2n) is 5.22. The standard InChI is InChI=1S/C14H20BrN3O3/c1-9(4-3-5-10(2)16)14(19)17-12-7-6-11(15)8-13(12)18(20)21/h6-10H,3-5,16H2,1-2H3,(H,17,19). The highest BCUT2D eigenvalue weighted by Crippen LogP contribution is 2.28. The number of nitro groups is 1. The van der Waals surface area contributed by atoms with Crippen LogP contribution in [0.3, 0.4) is 0 Å². The Labute approximate surface area is 132 Å². The molecule has 0 saturated heterocycles. The third-order valence-corrected chi connectivity index (χ3v) is 3.65. The summed E-state index contributed by atoms with van der Waals surface area (Å²) in [5, 5.41) is 13.6. The molecule has 0 aromatic heterocycles. The molecule has 1 amide bonds. The Bertz CT molecular complexity index is 520. The molecule has 0 spiro atoms. The second-order valence-corrected chi connectivity index (χ2v) is 6.13. The number of hydrogen-bond acceptors (Lipinski definition) is 4. The van der Waals surface area contributed by atoms with Crippen LogP contribution in [0.15, 0.2) is 22.7 Å². The molecule has 2 atom stereocenters. The van der Waals surface area contributed by atoms with E-state index in [1.54, 1.807) is 13.0 Å². The highest BCUT2D eigenvalue weighted by Gasteiger charge is 2.19. The van der Waals surface area contributed by atoms with Crippen molar-refractivity contribution in [3.63, 3.8) is 0 Å². The highest BCUT2D eigenvalue weighted by atomic mass is 79.9. The van der Waals surface area contributed by atoms with Gasteiger partial charge in [-0.2, -0.15) is 0 Å². The maximum Gasteiger partial charge on any atom is 0.293 e. The lowest BCUT2D eigenvalue weighted by Gasteiger charge is -2.13. The van der Waals surface area contributed by atoms with E-state index in [0.717, 1.165) is 12.8 Å². The van der Waals surface area contributed by atoms with Crippen LogP contribution in [-0.4, -0.2) is 16.9 Å². The smallest absolute Gasteiger partial charge is 0.293 e. The Morgan fingerprint density at radius 3 is 2.67 bits per heavy atom. The number of carbonyl (C=O) groups excluding carboxylic acids is 1. The number of benzene rings is 1. The molecule has 2 unspecified atom stereocenters. The van der Waals surface area contributed by atoms with Gasteiger partial charge < -0.3 is 11.1 Å². The second kappa shape index (κ2) is 8.09. The zero-order chi connectivity index (χ0) is 16.0. The summed E-state index contributed by atoms with van der Waals surface area (Å²) in [6.45, 7) is 3.73. The molecule has 1 rings (SSSR count). The first-order valence-electron chi connectivity index (χ1n) is 6.81. The summed E-state index contributed by atoms with van der Waals surface area (Å²) in [6, 6.07) is 4.67. The molecule has 0 radical (unpaired) electrons. The number of anilines is 1. The molecule has 0 aliphatic carbocycles. The Hall–Kier alpha value is -1.47. The summed E-state index contributed by atoms with van der Waals surface area (Å²) >= 11 is 3.18. The van der Waals surface area contributed by atoms with E-state index in [0.29, 0.717) is 10.9 Å². The van der Waals surface area contributed by atoms with Gasteiger partial charge in [-0.1, -0.05) is 29.3 Å². The lowest BCUT2D eigenvalue weighted by atomic mass is 10.0. The van der Waals surface area contributed by atoms with Crippen molar-refractivity contribution in [2.24, 2.45) is 11.7 Å². The van der Waals surface area contributed by atoms with Gasteiger partial charge in [-0.05, 0) is 31.9 Å². The molecule has 6 nitrogen and oxygen atoms in total. The van der Waals surface area contributed by atoms with Crippen LogP contribution in [0, 0.1) is 16.0 Å². The first-order valence-corrected chi connectivity index (χ1v) is 7.61. The van der Waals surface area contributed by atoms with Crippen LogP contribution >= 0.6 is 15.9 Å². The van der Waals surface area contributed by atoms with Crippen LogP contribution < -0.4 is 11.1 Å². The van der Waals surface area contributed by atoms with Crippen LogP contribution in [0.2, 0.25) is 0 Å². The van der Waals surface area contributed by atoms with Crippen molar-refractivity contribution in [1.29, 1.82) is 0 Å². The monoisotopic (exact) mass is 357 g/mol. The van der Waals surface area contributed by atoms with Gasteiger partial charge in [-0.15, -0.1) is 0 Å². The first kappa shape index (κ1) is 17.6. The predicted octanol–water partition coefficient (Wildman–Crippen LogP) is 3.45. The molecule has 7 heteroatoms. The van der Waals surface area contributed by atoms with Gasteiger partial charge in [0.05, 0.1) is 4.92 Å². The molecule has 0 saturated carbocycles. The molecule has 1 aromatic rings. The van der Waals surface area contributed by atoms with Gasteiger partial charge in [0.15, 0.2) is 0 Å². The lowest BCUT2D eigenvalue weighted by molar-refractivity contribution is -0.384. The quantitative estimate of drug-likeness (QED) is 0.576. The topological polar surface area (TPSA) is 98.3 Å². The van der Waals surface area contributed by atoms with Gasteiger partial charge in [0.25, 0.3) is 5.69 Å². The number of nitrogens with one attached hydrogen (secondary N) is 1. The number of nitrogens with zero attached hydrogens (tertiary/aromatic N) is 1. The van der Waals surface area contributed by atoms with Crippen LogP contribution in [0.1, 0.15) is 33.1 Å². The third-order valence-electron chi connectivity index (χ3n) is 3.16. The minimum absolute atomic E-state index is 0.118. The van der Waals surface area contributed by atoms with Crippen molar-refractivity contribution < 1.29 is 9.72 Å². The number of amides is 1. The Morgan fingerprint density at radius 1 is 1.43 bits per heavy atom. The largest absolute Gasteiger partial charge is 0.328 e. The van der Waals surface area contributed by atoms with Crippen molar-refractivity contribution in [3.05, 3.63) is 32.8 Å². The summed E-state index contributed by atoms with van der Waals surface area (Å²) in [5.74, 6) is -0.433. The molecule has 0 heterocycles. The molecule has 0 fully saturated rings. The molecule has 0 aliphatic rings. The van der Waals surface area contributed by atoms with Gasteiger partial charge in [0, 0.05) is 22.5 Å². The van der Waals surface area contributed by atoms with E-state index in [4.69, 9.17) is 5.73 Å². The summed E-state index contributed by atoms with van der Waals surface area (Å²) in [5.41, 5.74) is 5.76. The highest BCUT2D eigenvalue weighted by molar-refractivity contribution is 9.10. The molecule has 3 N–H and O–H groups in total. The van der Waals surface area contributed by atoms with Crippen LogP contribution in [-0.2, 0) is 4.79 Å². The Balaban J connectivity index is 2.68. The number of halogens is 1. The summed E-state index contributed by atoms with van der Waals surface area (Å²) in [4.78, 5) is 22.6. The first-order chi connectivity index (χ1) is 9.81. The third kappa shape index (κ3) is 5.81. The molecule has 21 heavy (non-hydrogen) atoms. The van der Waals surface area contributed by atoms with Crippen molar-refractivity contribution in [2.75, 3.05) is 5.32 Å². The number of nitrogens with two attached hydrogens (primary N) is 1. The molecule has 0 aliphatic heterocycles. The average molecular weight is 358 g/mol. The van der Waals surface area contributed by atoms with E-state index in [1.165, 1.54) is 12.1 Å². The van der Waals surface area contributed by atoms with Gasteiger partial charge in [0.1, 0.15) is 5.69 Å². The normalized spacial score (nSPS) is 13.5. The van der Waals surface area contributed by atoms with Crippen LogP contribution in [0.4, 0.5) is 11.4 Å². The lowest BCUT2D eigenvalue weighted by Crippen LogP contribution is -2.22. The fourth-order valence-electron chi connectivity index (χ4n) is 1.89. The molecule has 116 valence electrons. The van der Waals surface area contributed by atoms with Gasteiger partial charge >= 0.3 is 0 Å². The van der Waals surface area contributed by atoms with Crippen LogP contribution in [0.25, 0.3) is 0 Å². The van der Waals surface area contributed by atoms with E-state index < -0.39 is 4.92 Å². The van der Waals surface area contributed by atoms with E-state index in [1.807, 2.05) is 6.92 Å². The molecule has 1 aromatic carbocycles. The summed E-state index contributed by atoms with van der Waals surface area (Å²) in [7, 11) is 0. The van der Waals surface area contributed by atoms with Gasteiger partial charge in [-0.25, -0.2) is 0 Å². The van der Waals surface area contributed by atoms with E-state index in [2.05, 4.69) is 21.2 Å². The van der Waals surface area contributed by atoms with Crippen molar-refractivity contribution in [3.8, 4) is 0 Å². The minimum Gasteiger partial charge on any atom is -0.328 e. The number of nitro benzene ring substituents is 1. The number of hydrogen-bond donors (Lipinski definition) is 2. The average Bonchev–Trinajstić information content (AvgIpc) is 2.39. The fraction of sp³-hybridized carbons (Fsp3) is 0.500. The van der Waals surface area contributed by atoms with Crippen LogP contribution in [0.5, 0.6) is 0 Å². The van der Waals surface area contributed by atoms with Crippen molar-refractivity contribution >= 4 is 33.2 Å². The maximum absolute atomic E-state index is 12.1. The zero-order valence-electron chi connectivity index (χ0n) is 12.1. The fourth-order valence-corrected chi connectivity index (χ4v) is 2.24. The predicted molar refractivity (Wildman–Crippen MR) is 86.1 cm³/mol. The number of rotatable bonds is 7. The summed E-state index contributed by atoms with van der Waals surface area (Å²) in [6.07, 6.45) is 2.42. The maximum atomic E-state index is 12.1. The Morgan fingerprint density at radius 2 is 2.10 bits per heavy atom. The minimum atomic E-state index is -0.513. The van der Waals surface area contributed by atoms with Gasteiger partial charge in [-0.3, -0.25) is 14.9 Å². The summed E-state index contributed by atoms with van der Waals surface area (Å²) < 4.78 is 0.595. The molecular formula is C14H20BrN3O3. The molecule has 0 bridgehead atoms. The van der Waals surface area contributed by atoms with E-state index in [-0.39, 0.29) is 29.2 Å². The van der Waals surface area contributed by atoms with Gasteiger partial charge in [0.2, 0.25) is 5.91 Å².